The molecule has 0 radical (unpaired) electrons. The number of anilines is 1. The van der Waals surface area contributed by atoms with Crippen molar-refractivity contribution in [3.8, 4) is 5.69 Å². The molecule has 1 aromatic carbocycles. The molecule has 110 valence electrons. The summed E-state index contributed by atoms with van der Waals surface area (Å²) in [5.41, 5.74) is 1.07. The summed E-state index contributed by atoms with van der Waals surface area (Å²) in [5, 5.41) is 17.6. The predicted molar refractivity (Wildman–Crippen MR) is 78.2 cm³/mol. The van der Waals surface area contributed by atoms with Crippen LogP contribution in [0.2, 0.25) is 0 Å². The molecule has 0 bridgehead atoms. The Kier molecular flexibility index (Phi) is 3.42. The fourth-order valence-corrected chi connectivity index (χ4v) is 2.54. The molecule has 2 heterocycles. The number of carbonyl (C=O) groups excluding carboxylic acids is 1. The summed E-state index contributed by atoms with van der Waals surface area (Å²) < 4.78 is 1.63. The minimum Gasteiger partial charge on any atom is -0.324 e. The Labute approximate surface area is 122 Å². The highest BCUT2D eigenvalue weighted by Crippen LogP contribution is 2.22. The number of nitrogens with one attached hydrogen (secondary N) is 2. The fourth-order valence-electron chi connectivity index (χ4n) is 2.54. The second kappa shape index (κ2) is 5.25. The van der Waals surface area contributed by atoms with Gasteiger partial charge in [0.2, 0.25) is 5.91 Å². The summed E-state index contributed by atoms with van der Waals surface area (Å²) in [6.07, 6.45) is 1.87. The second-order valence-corrected chi connectivity index (χ2v) is 5.50. The Morgan fingerprint density at radius 2 is 2.33 bits per heavy atom. The molecule has 3 rings (SSSR count). The SMILES string of the molecule is Cc1nnnn1-c1cccc(NC(=O)C2(C)CCCN2)c1. The summed E-state index contributed by atoms with van der Waals surface area (Å²) in [6.45, 7) is 4.65. The summed E-state index contributed by atoms with van der Waals surface area (Å²) in [7, 11) is 0. The van der Waals surface area contributed by atoms with E-state index in [1.165, 1.54) is 0 Å². The molecule has 0 spiro atoms. The summed E-state index contributed by atoms with van der Waals surface area (Å²) in [5.74, 6) is 0.688. The maximum Gasteiger partial charge on any atom is 0.244 e. The number of aromatic nitrogens is 4. The number of carbonyl (C=O) groups is 1. The molecule has 0 aliphatic carbocycles. The Hall–Kier alpha value is -2.28. The Morgan fingerprint density at radius 3 is 3.00 bits per heavy atom. The van der Waals surface area contributed by atoms with Gasteiger partial charge in [0, 0.05) is 5.69 Å². The van der Waals surface area contributed by atoms with Gasteiger partial charge in [0.15, 0.2) is 5.82 Å². The predicted octanol–water partition coefficient (Wildman–Crippen LogP) is 1.05. The first-order chi connectivity index (χ1) is 10.1. The number of benzene rings is 1. The molecule has 2 aromatic rings. The average Bonchev–Trinajstić information content (AvgIpc) is 3.09. The molecule has 1 fully saturated rings. The molecule has 7 heteroatoms. The van der Waals surface area contributed by atoms with Crippen LogP contribution in [-0.4, -0.2) is 38.2 Å². The third-order valence-electron chi connectivity index (χ3n) is 3.84. The van der Waals surface area contributed by atoms with E-state index >= 15 is 0 Å². The lowest BCUT2D eigenvalue weighted by Gasteiger charge is -2.23. The van der Waals surface area contributed by atoms with Crippen LogP contribution in [0, 0.1) is 6.92 Å². The molecule has 0 saturated carbocycles. The minimum atomic E-state index is -0.485. The van der Waals surface area contributed by atoms with Gasteiger partial charge in [-0.25, -0.2) is 0 Å². The van der Waals surface area contributed by atoms with Crippen LogP contribution in [0.4, 0.5) is 5.69 Å². The topological polar surface area (TPSA) is 84.7 Å². The van der Waals surface area contributed by atoms with Gasteiger partial charge in [-0.15, -0.1) is 5.10 Å². The van der Waals surface area contributed by atoms with E-state index in [0.29, 0.717) is 5.82 Å². The second-order valence-electron chi connectivity index (χ2n) is 5.50. The molecule has 21 heavy (non-hydrogen) atoms. The Morgan fingerprint density at radius 1 is 1.48 bits per heavy atom. The molecule has 1 amide bonds. The van der Waals surface area contributed by atoms with Crippen molar-refractivity contribution < 1.29 is 4.79 Å². The lowest BCUT2D eigenvalue weighted by Crippen LogP contribution is -2.47. The van der Waals surface area contributed by atoms with Crippen molar-refractivity contribution in [3.63, 3.8) is 0 Å². The molecular weight excluding hydrogens is 268 g/mol. The highest BCUT2D eigenvalue weighted by atomic mass is 16.2. The number of nitrogens with zero attached hydrogens (tertiary/aromatic N) is 4. The molecule has 1 unspecified atom stereocenters. The van der Waals surface area contributed by atoms with Gasteiger partial charge in [0.1, 0.15) is 0 Å². The lowest BCUT2D eigenvalue weighted by molar-refractivity contribution is -0.121. The first-order valence-electron chi connectivity index (χ1n) is 7.00. The number of tetrazole rings is 1. The Balaban J connectivity index is 1.81. The van der Waals surface area contributed by atoms with Crippen LogP contribution in [0.15, 0.2) is 24.3 Å². The molecule has 7 nitrogen and oxygen atoms in total. The molecule has 2 N–H and O–H groups in total. The van der Waals surface area contributed by atoms with Crippen LogP contribution < -0.4 is 10.6 Å². The monoisotopic (exact) mass is 286 g/mol. The zero-order valence-electron chi connectivity index (χ0n) is 12.1. The third-order valence-corrected chi connectivity index (χ3v) is 3.84. The van der Waals surface area contributed by atoms with Crippen molar-refractivity contribution in [3.05, 3.63) is 30.1 Å². The first-order valence-corrected chi connectivity index (χ1v) is 7.00. The van der Waals surface area contributed by atoms with Crippen LogP contribution in [0.1, 0.15) is 25.6 Å². The van der Waals surface area contributed by atoms with Gasteiger partial charge >= 0.3 is 0 Å². The van der Waals surface area contributed by atoms with Crippen molar-refractivity contribution in [2.75, 3.05) is 11.9 Å². The lowest BCUT2D eigenvalue weighted by atomic mass is 9.99. The first kappa shape index (κ1) is 13.7. The fraction of sp³-hybridized carbons (Fsp3) is 0.429. The van der Waals surface area contributed by atoms with E-state index < -0.39 is 5.54 Å². The highest BCUT2D eigenvalue weighted by Gasteiger charge is 2.35. The maximum absolute atomic E-state index is 12.4. The molecule has 1 aromatic heterocycles. The van der Waals surface area contributed by atoms with Gasteiger partial charge < -0.3 is 10.6 Å². The molecular formula is C14H18N6O. The maximum atomic E-state index is 12.4. The van der Waals surface area contributed by atoms with Crippen LogP contribution in [-0.2, 0) is 4.79 Å². The number of hydrogen-bond donors (Lipinski definition) is 2. The summed E-state index contributed by atoms with van der Waals surface area (Å²) in [6, 6.07) is 7.49. The zero-order chi connectivity index (χ0) is 14.9. The smallest absolute Gasteiger partial charge is 0.244 e. The summed E-state index contributed by atoms with van der Waals surface area (Å²) in [4.78, 5) is 12.4. The van der Waals surface area contributed by atoms with Crippen molar-refractivity contribution in [2.24, 2.45) is 0 Å². The van der Waals surface area contributed by atoms with Crippen molar-refractivity contribution >= 4 is 11.6 Å². The van der Waals surface area contributed by atoms with E-state index in [-0.39, 0.29) is 5.91 Å². The highest BCUT2D eigenvalue weighted by molar-refractivity contribution is 5.98. The quantitative estimate of drug-likeness (QED) is 0.881. The van der Waals surface area contributed by atoms with Gasteiger partial charge in [-0.2, -0.15) is 4.68 Å². The third kappa shape index (κ3) is 2.64. The largest absolute Gasteiger partial charge is 0.324 e. The van der Waals surface area contributed by atoms with Crippen molar-refractivity contribution in [2.45, 2.75) is 32.2 Å². The Bertz CT molecular complexity index is 659. The van der Waals surface area contributed by atoms with E-state index in [1.54, 1.807) is 4.68 Å². The van der Waals surface area contributed by atoms with Crippen molar-refractivity contribution in [1.29, 1.82) is 0 Å². The summed E-state index contributed by atoms with van der Waals surface area (Å²) >= 11 is 0. The van der Waals surface area contributed by atoms with E-state index in [1.807, 2.05) is 38.1 Å². The molecule has 1 aliphatic rings. The molecule has 1 atom stereocenters. The van der Waals surface area contributed by atoms with Crippen LogP contribution in [0.5, 0.6) is 0 Å². The molecule has 1 saturated heterocycles. The van der Waals surface area contributed by atoms with Gasteiger partial charge in [0.25, 0.3) is 0 Å². The number of aryl methyl sites for hydroxylation is 1. The van der Waals surface area contributed by atoms with E-state index in [0.717, 1.165) is 30.8 Å². The zero-order valence-corrected chi connectivity index (χ0v) is 12.1. The number of amides is 1. The normalized spacial score (nSPS) is 21.4. The van der Waals surface area contributed by atoms with Gasteiger partial charge in [0.05, 0.1) is 11.2 Å². The molecule has 1 aliphatic heterocycles. The minimum absolute atomic E-state index is 0.00872. The number of rotatable bonds is 3. The van der Waals surface area contributed by atoms with E-state index in [9.17, 15) is 4.79 Å². The van der Waals surface area contributed by atoms with Crippen LogP contribution in [0.3, 0.4) is 0 Å². The van der Waals surface area contributed by atoms with E-state index in [2.05, 4.69) is 26.2 Å². The average molecular weight is 286 g/mol. The van der Waals surface area contributed by atoms with E-state index in [4.69, 9.17) is 0 Å². The standard InChI is InChI=1S/C14H18N6O/c1-10-17-18-19-20(10)12-6-3-5-11(9-12)16-13(21)14(2)7-4-8-15-14/h3,5-6,9,15H,4,7-8H2,1-2H3,(H,16,21). The van der Waals surface area contributed by atoms with Crippen LogP contribution >= 0.6 is 0 Å². The van der Waals surface area contributed by atoms with Gasteiger partial charge in [-0.05, 0) is 61.9 Å². The van der Waals surface area contributed by atoms with Crippen molar-refractivity contribution in [1.82, 2.24) is 25.5 Å². The van der Waals surface area contributed by atoms with Gasteiger partial charge in [-0.1, -0.05) is 6.07 Å². The van der Waals surface area contributed by atoms with Gasteiger partial charge in [-0.3, -0.25) is 4.79 Å². The number of hydrogen-bond acceptors (Lipinski definition) is 5. The van der Waals surface area contributed by atoms with Crippen LogP contribution in [0.25, 0.3) is 5.69 Å².